The lowest BCUT2D eigenvalue weighted by molar-refractivity contribution is 0.215. The molecule has 4 N–H and O–H groups in total. The van der Waals surface area contributed by atoms with Gasteiger partial charge in [-0.3, -0.25) is 5.32 Å². The third kappa shape index (κ3) is 3.29. The van der Waals surface area contributed by atoms with E-state index in [1.807, 2.05) is 0 Å². The molecular formula is C13H11ClN2O3. The molecule has 0 aromatic heterocycles. The van der Waals surface area contributed by atoms with Crippen LogP contribution in [0.15, 0.2) is 42.5 Å². The number of aromatic hydroxyl groups is 1. The summed E-state index contributed by atoms with van der Waals surface area (Å²) in [4.78, 5) is 11.7. The van der Waals surface area contributed by atoms with Crippen LogP contribution in [0.2, 0.25) is 5.02 Å². The van der Waals surface area contributed by atoms with Crippen LogP contribution < -0.4 is 15.8 Å². The third-order valence-corrected chi connectivity index (χ3v) is 2.62. The highest BCUT2D eigenvalue weighted by Gasteiger charge is 2.09. The van der Waals surface area contributed by atoms with Gasteiger partial charge in [0.2, 0.25) is 0 Å². The van der Waals surface area contributed by atoms with Gasteiger partial charge in [-0.1, -0.05) is 23.7 Å². The van der Waals surface area contributed by atoms with Crippen molar-refractivity contribution >= 4 is 29.1 Å². The van der Waals surface area contributed by atoms with Crippen molar-refractivity contribution in [3.8, 4) is 11.5 Å². The summed E-state index contributed by atoms with van der Waals surface area (Å²) in [5, 5.41) is 12.0. The van der Waals surface area contributed by atoms with Gasteiger partial charge in [0.25, 0.3) is 0 Å². The average Bonchev–Trinajstić information content (AvgIpc) is 2.36. The van der Waals surface area contributed by atoms with Gasteiger partial charge in [-0.05, 0) is 24.3 Å². The molecule has 0 heterocycles. The van der Waals surface area contributed by atoms with Crippen LogP contribution in [0.25, 0.3) is 0 Å². The summed E-state index contributed by atoms with van der Waals surface area (Å²) in [6.45, 7) is 0. The number of nitrogens with two attached hydrogens (primary N) is 1. The second-order valence-electron chi connectivity index (χ2n) is 3.72. The first-order valence-corrected chi connectivity index (χ1v) is 5.76. The fourth-order valence-corrected chi connectivity index (χ4v) is 1.60. The van der Waals surface area contributed by atoms with Crippen LogP contribution in [0, 0.1) is 0 Å². The number of nitrogens with one attached hydrogen (secondary N) is 1. The Morgan fingerprint density at radius 3 is 2.68 bits per heavy atom. The number of phenols is 1. The zero-order valence-electron chi connectivity index (χ0n) is 9.76. The van der Waals surface area contributed by atoms with Gasteiger partial charge in [0, 0.05) is 6.07 Å². The van der Waals surface area contributed by atoms with Crippen LogP contribution in [0.3, 0.4) is 0 Å². The van der Waals surface area contributed by atoms with Crippen molar-refractivity contribution in [1.29, 1.82) is 0 Å². The van der Waals surface area contributed by atoms with E-state index in [-0.39, 0.29) is 17.2 Å². The lowest BCUT2D eigenvalue weighted by Crippen LogP contribution is -2.17. The minimum Gasteiger partial charge on any atom is -0.508 e. The van der Waals surface area contributed by atoms with Gasteiger partial charge >= 0.3 is 6.09 Å². The summed E-state index contributed by atoms with van der Waals surface area (Å²) < 4.78 is 5.03. The van der Waals surface area contributed by atoms with Crippen molar-refractivity contribution in [3.63, 3.8) is 0 Å². The topological polar surface area (TPSA) is 84.6 Å². The predicted molar refractivity (Wildman–Crippen MR) is 73.6 cm³/mol. The van der Waals surface area contributed by atoms with Crippen molar-refractivity contribution in [3.05, 3.63) is 47.5 Å². The highest BCUT2D eigenvalue weighted by molar-refractivity contribution is 6.32. The van der Waals surface area contributed by atoms with E-state index in [1.54, 1.807) is 24.3 Å². The number of carbonyl (C=O) groups excluding carboxylic acids is 1. The summed E-state index contributed by atoms with van der Waals surface area (Å²) in [6, 6.07) is 10.8. The van der Waals surface area contributed by atoms with Crippen LogP contribution in [-0.2, 0) is 0 Å². The number of amides is 1. The molecule has 0 saturated carbocycles. The van der Waals surface area contributed by atoms with Gasteiger partial charge in [-0.2, -0.15) is 0 Å². The number of hydrogen-bond acceptors (Lipinski definition) is 4. The second-order valence-corrected chi connectivity index (χ2v) is 4.12. The molecule has 0 spiro atoms. The Labute approximate surface area is 114 Å². The number of anilines is 2. The summed E-state index contributed by atoms with van der Waals surface area (Å²) >= 11 is 5.86. The largest absolute Gasteiger partial charge is 0.508 e. The number of nitrogen functional groups attached to an aromatic ring is 1. The number of carbonyl (C=O) groups is 1. The predicted octanol–water partition coefficient (Wildman–Crippen LogP) is 3.24. The second kappa shape index (κ2) is 5.49. The van der Waals surface area contributed by atoms with Crippen molar-refractivity contribution < 1.29 is 14.6 Å². The Morgan fingerprint density at radius 2 is 2.00 bits per heavy atom. The number of ether oxygens (including phenoxy) is 1. The van der Waals surface area contributed by atoms with Crippen molar-refractivity contribution in [2.75, 3.05) is 11.1 Å². The Balaban J connectivity index is 2.08. The SMILES string of the molecule is Nc1cc(O)ccc1NC(=O)Oc1ccccc1Cl. The standard InChI is InChI=1S/C13H11ClN2O3/c14-9-3-1-2-4-12(9)19-13(18)16-11-6-5-8(17)7-10(11)15/h1-7,17H,15H2,(H,16,18). The summed E-state index contributed by atoms with van der Waals surface area (Å²) in [5.74, 6) is 0.265. The molecule has 6 heteroatoms. The maximum absolute atomic E-state index is 11.7. The van der Waals surface area contributed by atoms with E-state index < -0.39 is 6.09 Å². The highest BCUT2D eigenvalue weighted by atomic mass is 35.5. The first-order chi connectivity index (χ1) is 9.06. The van der Waals surface area contributed by atoms with Crippen LogP contribution >= 0.6 is 11.6 Å². The van der Waals surface area contributed by atoms with Gasteiger partial charge < -0.3 is 15.6 Å². The molecule has 0 aliphatic heterocycles. The Hall–Kier alpha value is -2.40. The summed E-state index contributed by atoms with van der Waals surface area (Å²) in [7, 11) is 0. The normalized spacial score (nSPS) is 9.95. The molecule has 0 atom stereocenters. The Kier molecular flexibility index (Phi) is 3.77. The molecule has 0 fully saturated rings. The molecular weight excluding hydrogens is 268 g/mol. The van der Waals surface area contributed by atoms with Crippen molar-refractivity contribution in [2.24, 2.45) is 0 Å². The van der Waals surface area contributed by atoms with Crippen molar-refractivity contribution in [1.82, 2.24) is 0 Å². The van der Waals surface area contributed by atoms with Gasteiger partial charge in [0.05, 0.1) is 16.4 Å². The summed E-state index contributed by atoms with van der Waals surface area (Å²) in [5.41, 5.74) is 6.21. The number of benzene rings is 2. The van der Waals surface area contributed by atoms with Gasteiger partial charge in [-0.15, -0.1) is 0 Å². The molecule has 0 saturated heterocycles. The number of hydrogen-bond donors (Lipinski definition) is 3. The molecule has 98 valence electrons. The maximum atomic E-state index is 11.7. The van der Waals surface area contributed by atoms with Crippen LogP contribution in [0.5, 0.6) is 11.5 Å². The number of phenolic OH excluding ortho intramolecular Hbond substituents is 1. The van der Waals surface area contributed by atoms with Crippen molar-refractivity contribution in [2.45, 2.75) is 0 Å². The Morgan fingerprint density at radius 1 is 1.26 bits per heavy atom. The highest BCUT2D eigenvalue weighted by Crippen LogP contribution is 2.25. The number of para-hydroxylation sites is 1. The molecule has 2 aromatic carbocycles. The minimum absolute atomic E-state index is 0.0162. The number of halogens is 1. The van der Waals surface area contributed by atoms with Gasteiger partial charge in [0.15, 0.2) is 5.75 Å². The molecule has 19 heavy (non-hydrogen) atoms. The van der Waals surface area contributed by atoms with Gasteiger partial charge in [-0.25, -0.2) is 4.79 Å². The lowest BCUT2D eigenvalue weighted by atomic mass is 10.2. The van der Waals surface area contributed by atoms with Crippen LogP contribution in [-0.4, -0.2) is 11.2 Å². The lowest BCUT2D eigenvalue weighted by Gasteiger charge is -2.09. The smallest absolute Gasteiger partial charge is 0.417 e. The molecule has 0 aliphatic carbocycles. The minimum atomic E-state index is -0.717. The molecule has 0 radical (unpaired) electrons. The maximum Gasteiger partial charge on any atom is 0.417 e. The van der Waals surface area contributed by atoms with E-state index in [4.69, 9.17) is 22.1 Å². The third-order valence-electron chi connectivity index (χ3n) is 2.31. The van der Waals surface area contributed by atoms with Gasteiger partial charge in [0.1, 0.15) is 5.75 Å². The van der Waals surface area contributed by atoms with Crippen LogP contribution in [0.4, 0.5) is 16.2 Å². The van der Waals surface area contributed by atoms with E-state index in [9.17, 15) is 9.90 Å². The fraction of sp³-hybridized carbons (Fsp3) is 0. The summed E-state index contributed by atoms with van der Waals surface area (Å²) in [6.07, 6.45) is -0.717. The quantitative estimate of drug-likeness (QED) is 0.581. The van der Waals surface area contributed by atoms with Crippen LogP contribution in [0.1, 0.15) is 0 Å². The van der Waals surface area contributed by atoms with E-state index in [0.717, 1.165) is 0 Å². The molecule has 2 rings (SSSR count). The van der Waals surface area contributed by atoms with E-state index in [1.165, 1.54) is 18.2 Å². The molecule has 0 unspecified atom stereocenters. The average molecular weight is 279 g/mol. The molecule has 1 amide bonds. The monoisotopic (exact) mass is 278 g/mol. The molecule has 2 aromatic rings. The molecule has 0 aliphatic rings. The van der Waals surface area contributed by atoms with E-state index in [0.29, 0.717) is 10.7 Å². The fourth-order valence-electron chi connectivity index (χ4n) is 1.43. The zero-order valence-corrected chi connectivity index (χ0v) is 10.5. The van der Waals surface area contributed by atoms with E-state index >= 15 is 0 Å². The first-order valence-electron chi connectivity index (χ1n) is 5.38. The number of rotatable bonds is 2. The zero-order chi connectivity index (χ0) is 13.8. The first kappa shape index (κ1) is 13.0. The van der Waals surface area contributed by atoms with E-state index in [2.05, 4.69) is 5.32 Å². The Bertz CT molecular complexity index is 617. The molecule has 0 bridgehead atoms. The molecule has 5 nitrogen and oxygen atoms in total.